The van der Waals surface area contributed by atoms with Gasteiger partial charge in [0.25, 0.3) is 11.8 Å². The number of carbonyl (C=O) groups excluding carboxylic acids is 2. The van der Waals surface area contributed by atoms with Gasteiger partial charge in [0.2, 0.25) is 0 Å². The van der Waals surface area contributed by atoms with Gasteiger partial charge in [-0.25, -0.2) is 8.78 Å². The number of aryl methyl sites for hydroxylation is 1. The average Bonchev–Trinajstić information content (AvgIpc) is 3.02. The molecule has 240 valence electrons. The minimum Gasteiger partial charge on any atom is -0.390 e. The zero-order valence-corrected chi connectivity index (χ0v) is 26.9. The molecule has 0 aromatic heterocycles. The maximum atomic E-state index is 14.1. The highest BCUT2D eigenvalue weighted by Crippen LogP contribution is 2.22. The first-order valence-electron chi connectivity index (χ1n) is 15.6. The van der Waals surface area contributed by atoms with Gasteiger partial charge in [-0.05, 0) is 86.6 Å². The molecule has 0 saturated heterocycles. The second-order valence-electron chi connectivity index (χ2n) is 11.9. The van der Waals surface area contributed by atoms with Crippen molar-refractivity contribution in [3.05, 3.63) is 106 Å². The summed E-state index contributed by atoms with van der Waals surface area (Å²) < 4.78 is 28.2. The summed E-state index contributed by atoms with van der Waals surface area (Å²) in [5.74, 6) is 0.202. The van der Waals surface area contributed by atoms with Gasteiger partial charge in [0.05, 0.1) is 12.1 Å². The highest BCUT2D eigenvalue weighted by Gasteiger charge is 2.27. The molecule has 2 amide bonds. The van der Waals surface area contributed by atoms with Crippen molar-refractivity contribution in [2.75, 3.05) is 19.6 Å². The van der Waals surface area contributed by atoms with E-state index in [2.05, 4.69) is 35.6 Å². The van der Waals surface area contributed by atoms with Crippen LogP contribution in [0.5, 0.6) is 0 Å². The standard InChI is InChI=1S/C37H45F2N3O3/c1-7-14-42(15-8-2)36(45)29-17-26(10-4)16-28(22-29)35(44)41-33(21-27-19-31(38)23-32(39)20-27)34(43)24-40-37(5,6)30-13-11-12-25(9-3)18-30/h4,11-13,16-20,22-23,33-34,40,43H,7-9,14-15,21,24H2,1-3,5-6H3,(H,41,44)/t33-,34+/m0/s1. The van der Waals surface area contributed by atoms with E-state index in [0.717, 1.165) is 30.9 Å². The number of benzene rings is 3. The van der Waals surface area contributed by atoms with E-state index in [-0.39, 0.29) is 30.0 Å². The van der Waals surface area contributed by atoms with E-state index in [1.807, 2.05) is 39.8 Å². The van der Waals surface area contributed by atoms with E-state index in [4.69, 9.17) is 6.42 Å². The minimum atomic E-state index is -1.14. The van der Waals surface area contributed by atoms with Crippen molar-refractivity contribution in [2.24, 2.45) is 0 Å². The second kappa shape index (κ2) is 16.3. The molecule has 3 aromatic rings. The van der Waals surface area contributed by atoms with E-state index < -0.39 is 35.2 Å². The number of terminal acetylenes is 1. The fraction of sp³-hybridized carbons (Fsp3) is 0.405. The van der Waals surface area contributed by atoms with Crippen LogP contribution in [0.1, 0.15) is 90.4 Å². The van der Waals surface area contributed by atoms with Gasteiger partial charge in [-0.3, -0.25) is 9.59 Å². The number of aliphatic hydroxyl groups excluding tert-OH is 1. The van der Waals surface area contributed by atoms with Crippen molar-refractivity contribution in [1.29, 1.82) is 0 Å². The molecule has 3 aromatic carbocycles. The number of carbonyl (C=O) groups is 2. The lowest BCUT2D eigenvalue weighted by Gasteiger charge is -2.31. The zero-order valence-electron chi connectivity index (χ0n) is 26.9. The molecular formula is C37H45F2N3O3. The topological polar surface area (TPSA) is 81.7 Å². The van der Waals surface area contributed by atoms with Gasteiger partial charge in [0.15, 0.2) is 0 Å². The normalized spacial score (nSPS) is 12.7. The van der Waals surface area contributed by atoms with Crippen LogP contribution in [-0.2, 0) is 18.4 Å². The van der Waals surface area contributed by atoms with Gasteiger partial charge in [-0.2, -0.15) is 0 Å². The number of hydrogen-bond donors (Lipinski definition) is 3. The number of aliphatic hydroxyl groups is 1. The monoisotopic (exact) mass is 617 g/mol. The molecule has 0 radical (unpaired) electrons. The van der Waals surface area contributed by atoms with Gasteiger partial charge < -0.3 is 20.6 Å². The summed E-state index contributed by atoms with van der Waals surface area (Å²) in [5, 5.41) is 17.6. The number of halogens is 2. The van der Waals surface area contributed by atoms with Gasteiger partial charge in [-0.1, -0.05) is 51.0 Å². The molecule has 3 N–H and O–H groups in total. The molecule has 0 aliphatic carbocycles. The Labute approximate surface area is 266 Å². The predicted octanol–water partition coefficient (Wildman–Crippen LogP) is 6.00. The van der Waals surface area contributed by atoms with Crippen LogP contribution in [0, 0.1) is 24.0 Å². The van der Waals surface area contributed by atoms with Crippen molar-refractivity contribution < 1.29 is 23.5 Å². The number of amides is 2. The molecule has 0 saturated carbocycles. The Morgan fingerprint density at radius 3 is 2.18 bits per heavy atom. The third-order valence-corrected chi connectivity index (χ3v) is 7.85. The van der Waals surface area contributed by atoms with Gasteiger partial charge in [0, 0.05) is 47.9 Å². The lowest BCUT2D eigenvalue weighted by Crippen LogP contribution is -2.51. The van der Waals surface area contributed by atoms with Crippen LogP contribution >= 0.6 is 0 Å². The number of hydrogen-bond acceptors (Lipinski definition) is 4. The molecular weight excluding hydrogens is 572 g/mol. The molecule has 0 bridgehead atoms. The first kappa shape index (κ1) is 35.4. The van der Waals surface area contributed by atoms with E-state index >= 15 is 0 Å². The Kier molecular flexibility index (Phi) is 12.8. The van der Waals surface area contributed by atoms with E-state index in [0.29, 0.717) is 24.2 Å². The lowest BCUT2D eigenvalue weighted by molar-refractivity contribution is 0.0755. The number of nitrogens with one attached hydrogen (secondary N) is 2. The molecule has 0 heterocycles. The van der Waals surface area contributed by atoms with Crippen molar-refractivity contribution in [1.82, 2.24) is 15.5 Å². The quantitative estimate of drug-likeness (QED) is 0.183. The highest BCUT2D eigenvalue weighted by molar-refractivity contribution is 6.00. The molecule has 8 heteroatoms. The molecule has 0 aliphatic heterocycles. The summed E-state index contributed by atoms with van der Waals surface area (Å²) in [4.78, 5) is 28.7. The predicted molar refractivity (Wildman–Crippen MR) is 175 cm³/mol. The molecule has 0 unspecified atom stereocenters. The summed E-state index contributed by atoms with van der Waals surface area (Å²) in [6.07, 6.45) is 6.94. The maximum Gasteiger partial charge on any atom is 0.253 e. The summed E-state index contributed by atoms with van der Waals surface area (Å²) >= 11 is 0. The fourth-order valence-electron chi connectivity index (χ4n) is 5.30. The second-order valence-corrected chi connectivity index (χ2v) is 11.9. The summed E-state index contributed by atoms with van der Waals surface area (Å²) in [7, 11) is 0. The molecule has 3 rings (SSSR count). The summed E-state index contributed by atoms with van der Waals surface area (Å²) in [6.45, 7) is 11.3. The van der Waals surface area contributed by atoms with Crippen LogP contribution in [-0.4, -0.2) is 53.6 Å². The lowest BCUT2D eigenvalue weighted by atomic mass is 9.91. The fourth-order valence-corrected chi connectivity index (χ4v) is 5.30. The van der Waals surface area contributed by atoms with Crippen LogP contribution in [0.3, 0.4) is 0 Å². The first-order valence-corrected chi connectivity index (χ1v) is 15.6. The van der Waals surface area contributed by atoms with Gasteiger partial charge >= 0.3 is 0 Å². The summed E-state index contributed by atoms with van der Waals surface area (Å²) in [5.41, 5.74) is 2.76. The maximum absolute atomic E-state index is 14.1. The Morgan fingerprint density at radius 1 is 0.933 bits per heavy atom. The van der Waals surface area contributed by atoms with Crippen molar-refractivity contribution in [2.45, 2.75) is 78.0 Å². The minimum absolute atomic E-state index is 0.0452. The Bertz CT molecular complexity index is 1490. The van der Waals surface area contributed by atoms with Crippen molar-refractivity contribution in [3.8, 4) is 12.3 Å². The number of rotatable bonds is 15. The Hall–Kier alpha value is -4.06. The van der Waals surface area contributed by atoms with Crippen LogP contribution < -0.4 is 10.6 Å². The van der Waals surface area contributed by atoms with Gasteiger partial charge in [0.1, 0.15) is 11.6 Å². The van der Waals surface area contributed by atoms with Crippen LogP contribution in [0.2, 0.25) is 0 Å². The third-order valence-electron chi connectivity index (χ3n) is 7.85. The zero-order chi connectivity index (χ0) is 33.1. The Morgan fingerprint density at radius 2 is 1.58 bits per heavy atom. The largest absolute Gasteiger partial charge is 0.390 e. The van der Waals surface area contributed by atoms with Gasteiger partial charge in [-0.15, -0.1) is 6.42 Å². The average molecular weight is 618 g/mol. The number of nitrogens with zero attached hydrogens (tertiary/aromatic N) is 1. The molecule has 0 fully saturated rings. The smallest absolute Gasteiger partial charge is 0.253 e. The highest BCUT2D eigenvalue weighted by atomic mass is 19.1. The van der Waals surface area contributed by atoms with Crippen molar-refractivity contribution >= 4 is 11.8 Å². The van der Waals surface area contributed by atoms with E-state index in [1.165, 1.54) is 29.8 Å². The Balaban J connectivity index is 1.90. The van der Waals surface area contributed by atoms with Crippen LogP contribution in [0.15, 0.2) is 60.7 Å². The van der Waals surface area contributed by atoms with Crippen LogP contribution in [0.4, 0.5) is 8.78 Å². The first-order chi connectivity index (χ1) is 21.4. The third kappa shape index (κ3) is 9.97. The molecule has 6 nitrogen and oxygen atoms in total. The SMILES string of the molecule is C#Cc1cc(C(=O)N[C@@H](Cc2cc(F)cc(F)c2)[C@H](O)CNC(C)(C)c2cccc(CC)c2)cc(C(=O)N(CCC)CCC)c1. The molecule has 2 atom stereocenters. The summed E-state index contributed by atoms with van der Waals surface area (Å²) in [6, 6.07) is 14.9. The van der Waals surface area contributed by atoms with Crippen molar-refractivity contribution in [3.63, 3.8) is 0 Å². The molecule has 45 heavy (non-hydrogen) atoms. The van der Waals surface area contributed by atoms with Crippen LogP contribution in [0.25, 0.3) is 0 Å². The molecule has 0 spiro atoms. The molecule has 0 aliphatic rings. The van der Waals surface area contributed by atoms with E-state index in [9.17, 15) is 23.5 Å². The van der Waals surface area contributed by atoms with E-state index in [1.54, 1.807) is 11.0 Å².